The summed E-state index contributed by atoms with van der Waals surface area (Å²) in [5.41, 5.74) is 2.64. The van der Waals surface area contributed by atoms with E-state index in [1.807, 2.05) is 6.92 Å². The number of benzene rings is 1. The van der Waals surface area contributed by atoms with Crippen LogP contribution in [-0.4, -0.2) is 37.6 Å². The molecule has 1 aliphatic heterocycles. The zero-order valence-electron chi connectivity index (χ0n) is 14.3. The Hall–Kier alpha value is -1.93. The Morgan fingerprint density at radius 3 is 2.77 bits per heavy atom. The van der Waals surface area contributed by atoms with Crippen LogP contribution >= 0.6 is 15.9 Å². The van der Waals surface area contributed by atoms with Gasteiger partial charge >= 0.3 is 0 Å². The first kappa shape index (κ1) is 17.5. The Morgan fingerprint density at radius 2 is 2.00 bits per heavy atom. The first-order valence-corrected chi connectivity index (χ1v) is 9.33. The number of halogens is 3. The van der Waals surface area contributed by atoms with E-state index in [2.05, 4.69) is 42.0 Å². The summed E-state index contributed by atoms with van der Waals surface area (Å²) < 4.78 is 29.3. The summed E-state index contributed by atoms with van der Waals surface area (Å²) in [5, 5.41) is 4.30. The van der Waals surface area contributed by atoms with Gasteiger partial charge in [0.1, 0.15) is 18.0 Å². The Balaban J connectivity index is 1.57. The van der Waals surface area contributed by atoms with Gasteiger partial charge in [0, 0.05) is 24.7 Å². The summed E-state index contributed by atoms with van der Waals surface area (Å²) in [6, 6.07) is 4.83. The molecular weight excluding hydrogens is 404 g/mol. The van der Waals surface area contributed by atoms with Gasteiger partial charge in [-0.15, -0.1) is 0 Å². The molecule has 0 spiro atoms. The first-order chi connectivity index (χ1) is 12.5. The quantitative estimate of drug-likeness (QED) is 0.602. The van der Waals surface area contributed by atoms with Crippen LogP contribution in [0.25, 0.3) is 5.78 Å². The van der Waals surface area contributed by atoms with Crippen molar-refractivity contribution in [3.05, 3.63) is 57.6 Å². The average Bonchev–Trinajstić information content (AvgIpc) is 3.07. The standard InChI is InChI=1S/C18H18BrF2N5/c1-11-5-16(26-18(24-11)22-10-23-26)13-3-2-4-25(9-13)8-12-6-14(20)17(19)15(21)7-12/h5-7,10,13H,2-4,8-9H2,1H3/t13-/m1/s1. The minimum atomic E-state index is -0.567. The molecule has 26 heavy (non-hydrogen) atoms. The molecule has 3 aromatic rings. The largest absolute Gasteiger partial charge is 0.298 e. The van der Waals surface area contributed by atoms with E-state index < -0.39 is 11.6 Å². The lowest BCUT2D eigenvalue weighted by atomic mass is 9.93. The molecule has 0 N–H and O–H groups in total. The van der Waals surface area contributed by atoms with Crippen molar-refractivity contribution in [2.75, 3.05) is 13.1 Å². The van der Waals surface area contributed by atoms with Crippen molar-refractivity contribution in [1.29, 1.82) is 0 Å². The summed E-state index contributed by atoms with van der Waals surface area (Å²) in [5.74, 6) is -0.251. The lowest BCUT2D eigenvalue weighted by molar-refractivity contribution is 0.197. The molecule has 5 nitrogen and oxygen atoms in total. The van der Waals surface area contributed by atoms with Crippen LogP contribution in [0.1, 0.15) is 35.7 Å². The van der Waals surface area contributed by atoms with Crippen molar-refractivity contribution in [3.8, 4) is 0 Å². The molecule has 0 bridgehead atoms. The van der Waals surface area contributed by atoms with Crippen molar-refractivity contribution in [1.82, 2.24) is 24.5 Å². The van der Waals surface area contributed by atoms with Gasteiger partial charge in [0.05, 0.1) is 10.2 Å². The van der Waals surface area contributed by atoms with E-state index in [1.165, 1.54) is 18.5 Å². The maximum absolute atomic E-state index is 13.8. The number of hydrogen-bond acceptors (Lipinski definition) is 4. The fourth-order valence-corrected chi connectivity index (χ4v) is 3.88. The zero-order chi connectivity index (χ0) is 18.3. The van der Waals surface area contributed by atoms with E-state index in [4.69, 9.17) is 0 Å². The molecule has 1 aromatic carbocycles. The molecule has 0 unspecified atom stereocenters. The number of aromatic nitrogens is 4. The SMILES string of the molecule is Cc1cc([C@@H]2CCCN(Cc3cc(F)c(Br)c(F)c3)C2)n2ncnc2n1. The number of hydrogen-bond donors (Lipinski definition) is 0. The second kappa shape index (κ2) is 7.00. The number of fused-ring (bicyclic) bond motifs is 1. The molecule has 3 heterocycles. The fourth-order valence-electron chi connectivity index (χ4n) is 3.65. The third-order valence-electron chi connectivity index (χ3n) is 4.78. The van der Waals surface area contributed by atoms with Crippen LogP contribution in [0.4, 0.5) is 8.78 Å². The van der Waals surface area contributed by atoms with Crippen LogP contribution in [0.2, 0.25) is 0 Å². The highest BCUT2D eigenvalue weighted by molar-refractivity contribution is 9.10. The van der Waals surface area contributed by atoms with Gasteiger partial charge in [0.2, 0.25) is 0 Å². The number of piperidine rings is 1. The molecular formula is C18H18BrF2N5. The van der Waals surface area contributed by atoms with Crippen LogP contribution in [0.5, 0.6) is 0 Å². The van der Waals surface area contributed by atoms with E-state index >= 15 is 0 Å². The second-order valence-corrected chi connectivity index (χ2v) is 7.53. The van der Waals surface area contributed by atoms with E-state index in [-0.39, 0.29) is 10.4 Å². The molecule has 1 aliphatic rings. The van der Waals surface area contributed by atoms with Crippen LogP contribution in [0, 0.1) is 18.6 Å². The van der Waals surface area contributed by atoms with E-state index in [9.17, 15) is 8.78 Å². The number of aryl methyl sites for hydroxylation is 1. The second-order valence-electron chi connectivity index (χ2n) is 6.74. The summed E-state index contributed by atoms with van der Waals surface area (Å²) in [7, 11) is 0. The lowest BCUT2D eigenvalue weighted by Crippen LogP contribution is -2.34. The highest BCUT2D eigenvalue weighted by Gasteiger charge is 2.25. The lowest BCUT2D eigenvalue weighted by Gasteiger charge is -2.33. The molecule has 4 rings (SSSR count). The summed E-state index contributed by atoms with van der Waals surface area (Å²) >= 11 is 2.92. The van der Waals surface area contributed by atoms with Crippen LogP contribution in [-0.2, 0) is 6.54 Å². The molecule has 0 radical (unpaired) electrons. The van der Waals surface area contributed by atoms with Crippen LogP contribution in [0.15, 0.2) is 29.0 Å². The minimum Gasteiger partial charge on any atom is -0.298 e. The zero-order valence-corrected chi connectivity index (χ0v) is 15.9. The highest BCUT2D eigenvalue weighted by Crippen LogP contribution is 2.29. The highest BCUT2D eigenvalue weighted by atomic mass is 79.9. The Kier molecular flexibility index (Phi) is 4.71. The van der Waals surface area contributed by atoms with Crippen molar-refractivity contribution in [2.24, 2.45) is 0 Å². The van der Waals surface area contributed by atoms with Crippen molar-refractivity contribution >= 4 is 21.7 Å². The maximum atomic E-state index is 13.8. The van der Waals surface area contributed by atoms with E-state index in [0.717, 1.165) is 37.3 Å². The predicted octanol–water partition coefficient (Wildman–Crippen LogP) is 3.85. The predicted molar refractivity (Wildman–Crippen MR) is 96.8 cm³/mol. The van der Waals surface area contributed by atoms with Crippen LogP contribution < -0.4 is 0 Å². The molecule has 0 amide bonds. The third kappa shape index (κ3) is 3.35. The number of nitrogens with zero attached hydrogens (tertiary/aromatic N) is 5. The smallest absolute Gasteiger partial charge is 0.252 e. The molecule has 1 fully saturated rings. The third-order valence-corrected chi connectivity index (χ3v) is 5.54. The van der Waals surface area contributed by atoms with Crippen LogP contribution in [0.3, 0.4) is 0 Å². The molecule has 1 atom stereocenters. The number of rotatable bonds is 3. The van der Waals surface area contributed by atoms with E-state index in [1.54, 1.807) is 4.52 Å². The summed E-state index contributed by atoms with van der Waals surface area (Å²) in [6.45, 7) is 4.17. The summed E-state index contributed by atoms with van der Waals surface area (Å²) in [4.78, 5) is 10.8. The normalized spacial score (nSPS) is 18.5. The molecule has 1 saturated heterocycles. The first-order valence-electron chi connectivity index (χ1n) is 8.54. The monoisotopic (exact) mass is 421 g/mol. The van der Waals surface area contributed by atoms with Gasteiger partial charge in [0.15, 0.2) is 0 Å². The van der Waals surface area contributed by atoms with Gasteiger partial charge in [-0.1, -0.05) is 0 Å². The molecule has 2 aromatic heterocycles. The van der Waals surface area contributed by atoms with Crippen molar-refractivity contribution < 1.29 is 8.78 Å². The van der Waals surface area contributed by atoms with Crippen molar-refractivity contribution in [3.63, 3.8) is 0 Å². The molecule has 8 heteroatoms. The minimum absolute atomic E-state index is 0.112. The van der Waals surface area contributed by atoms with Gasteiger partial charge in [-0.2, -0.15) is 10.1 Å². The molecule has 0 saturated carbocycles. The number of likely N-dealkylation sites (tertiary alicyclic amines) is 1. The van der Waals surface area contributed by atoms with Gasteiger partial charge in [-0.25, -0.2) is 18.3 Å². The summed E-state index contributed by atoms with van der Waals surface area (Å²) in [6.07, 6.45) is 3.57. The Morgan fingerprint density at radius 1 is 1.23 bits per heavy atom. The van der Waals surface area contributed by atoms with Gasteiger partial charge in [-0.05, 0) is 66.0 Å². The average molecular weight is 422 g/mol. The molecule has 136 valence electrons. The Bertz CT molecular complexity index is 935. The van der Waals surface area contributed by atoms with Crippen molar-refractivity contribution in [2.45, 2.75) is 32.2 Å². The molecule has 0 aliphatic carbocycles. The maximum Gasteiger partial charge on any atom is 0.252 e. The van der Waals surface area contributed by atoms with Gasteiger partial charge in [-0.3, -0.25) is 4.90 Å². The fraction of sp³-hybridized carbons (Fsp3) is 0.389. The van der Waals surface area contributed by atoms with Gasteiger partial charge < -0.3 is 0 Å². The topological polar surface area (TPSA) is 46.3 Å². The van der Waals surface area contributed by atoms with Gasteiger partial charge in [0.25, 0.3) is 5.78 Å². The Labute approximate surface area is 158 Å². The van der Waals surface area contributed by atoms with E-state index in [0.29, 0.717) is 17.9 Å².